The lowest BCUT2D eigenvalue weighted by molar-refractivity contribution is 0.568. The van der Waals surface area contributed by atoms with E-state index in [1.54, 1.807) is 0 Å². The van der Waals surface area contributed by atoms with Crippen LogP contribution in [0.25, 0.3) is 0 Å². The number of aromatic nitrogens is 2. The smallest absolute Gasteiger partial charge is 0.108 e. The fourth-order valence-electron chi connectivity index (χ4n) is 1.84. The molecule has 0 fully saturated rings. The van der Waals surface area contributed by atoms with Crippen LogP contribution >= 0.6 is 0 Å². The van der Waals surface area contributed by atoms with E-state index in [2.05, 4.69) is 29.6 Å². The van der Waals surface area contributed by atoms with Gasteiger partial charge in [-0.15, -0.1) is 0 Å². The zero-order valence-corrected chi connectivity index (χ0v) is 10.2. The van der Waals surface area contributed by atoms with Crippen molar-refractivity contribution in [3.05, 3.63) is 18.2 Å². The molecule has 0 bridgehead atoms. The van der Waals surface area contributed by atoms with Crippen molar-refractivity contribution in [2.45, 2.75) is 65.3 Å². The number of nitrogens with zero attached hydrogens (tertiary/aromatic N) is 2. The maximum Gasteiger partial charge on any atom is 0.108 e. The van der Waals surface area contributed by atoms with Crippen molar-refractivity contribution in [3.8, 4) is 0 Å². The van der Waals surface area contributed by atoms with Crippen molar-refractivity contribution < 1.29 is 0 Å². The molecule has 0 aliphatic rings. The lowest BCUT2D eigenvalue weighted by atomic mass is 10.2. The molecular weight excluding hydrogens is 184 g/mol. The zero-order chi connectivity index (χ0) is 10.9. The summed E-state index contributed by atoms with van der Waals surface area (Å²) in [6.07, 6.45) is 13.0. The zero-order valence-electron chi connectivity index (χ0n) is 10.2. The van der Waals surface area contributed by atoms with E-state index in [1.165, 1.54) is 44.3 Å². The molecule has 1 heterocycles. The number of rotatable bonds is 8. The molecule has 1 aromatic heterocycles. The molecule has 0 atom stereocenters. The van der Waals surface area contributed by atoms with Gasteiger partial charge in [-0.2, -0.15) is 0 Å². The van der Waals surface area contributed by atoms with Crippen LogP contribution in [-0.4, -0.2) is 9.55 Å². The van der Waals surface area contributed by atoms with E-state index in [0.717, 1.165) is 13.0 Å². The standard InChI is InChI=1S/C13H24N2/c1-3-5-7-9-13-14-10-12-15(13)11-8-6-4-2/h10,12H,3-9,11H2,1-2H3. The highest BCUT2D eigenvalue weighted by Crippen LogP contribution is 2.07. The molecule has 0 aromatic carbocycles. The Morgan fingerprint density at radius 3 is 2.53 bits per heavy atom. The number of aryl methyl sites for hydroxylation is 2. The Morgan fingerprint density at radius 2 is 1.80 bits per heavy atom. The molecule has 0 unspecified atom stereocenters. The molecule has 2 nitrogen and oxygen atoms in total. The highest BCUT2D eigenvalue weighted by molar-refractivity contribution is 4.92. The first-order valence-corrected chi connectivity index (χ1v) is 6.38. The van der Waals surface area contributed by atoms with Gasteiger partial charge in [-0.3, -0.25) is 0 Å². The second-order valence-electron chi connectivity index (χ2n) is 4.20. The molecule has 2 heteroatoms. The number of hydrogen-bond donors (Lipinski definition) is 0. The first kappa shape index (κ1) is 12.3. The minimum Gasteiger partial charge on any atom is -0.335 e. The number of unbranched alkanes of at least 4 members (excludes halogenated alkanes) is 4. The van der Waals surface area contributed by atoms with Crippen LogP contribution in [0.4, 0.5) is 0 Å². The Labute approximate surface area is 93.7 Å². The van der Waals surface area contributed by atoms with Crippen molar-refractivity contribution in [1.29, 1.82) is 0 Å². The fraction of sp³-hybridized carbons (Fsp3) is 0.769. The van der Waals surface area contributed by atoms with Crippen LogP contribution in [0.5, 0.6) is 0 Å². The minimum atomic E-state index is 1.15. The van der Waals surface area contributed by atoms with Gasteiger partial charge in [-0.25, -0.2) is 4.98 Å². The molecule has 0 amide bonds. The van der Waals surface area contributed by atoms with Crippen LogP contribution in [0.2, 0.25) is 0 Å². The molecule has 0 N–H and O–H groups in total. The average Bonchev–Trinajstić information content (AvgIpc) is 2.67. The fourth-order valence-corrected chi connectivity index (χ4v) is 1.84. The summed E-state index contributed by atoms with van der Waals surface area (Å²) >= 11 is 0. The van der Waals surface area contributed by atoms with E-state index >= 15 is 0 Å². The molecule has 0 radical (unpaired) electrons. The highest BCUT2D eigenvalue weighted by atomic mass is 15.1. The van der Waals surface area contributed by atoms with Crippen LogP contribution in [-0.2, 0) is 13.0 Å². The largest absolute Gasteiger partial charge is 0.335 e. The Hall–Kier alpha value is -0.790. The summed E-state index contributed by atoms with van der Waals surface area (Å²) in [5, 5.41) is 0. The predicted octanol–water partition coefficient (Wildman–Crippen LogP) is 3.81. The first-order chi connectivity index (χ1) is 7.38. The van der Waals surface area contributed by atoms with Gasteiger partial charge in [0, 0.05) is 25.4 Å². The molecule has 15 heavy (non-hydrogen) atoms. The summed E-state index contributed by atoms with van der Waals surface area (Å²) in [5.74, 6) is 1.28. The van der Waals surface area contributed by atoms with E-state index in [9.17, 15) is 0 Å². The molecule has 86 valence electrons. The summed E-state index contributed by atoms with van der Waals surface area (Å²) < 4.78 is 2.32. The van der Waals surface area contributed by atoms with E-state index in [0.29, 0.717) is 0 Å². The van der Waals surface area contributed by atoms with Gasteiger partial charge in [-0.1, -0.05) is 39.5 Å². The lowest BCUT2D eigenvalue weighted by Gasteiger charge is -2.06. The lowest BCUT2D eigenvalue weighted by Crippen LogP contribution is -2.03. The van der Waals surface area contributed by atoms with Crippen LogP contribution < -0.4 is 0 Å². The highest BCUT2D eigenvalue weighted by Gasteiger charge is 2.01. The van der Waals surface area contributed by atoms with Crippen LogP contribution in [0, 0.1) is 0 Å². The number of hydrogen-bond acceptors (Lipinski definition) is 1. The topological polar surface area (TPSA) is 17.8 Å². The Bertz CT molecular complexity index is 228. The van der Waals surface area contributed by atoms with Gasteiger partial charge in [0.2, 0.25) is 0 Å². The van der Waals surface area contributed by atoms with Crippen LogP contribution in [0.1, 0.15) is 58.2 Å². The third-order valence-corrected chi connectivity index (χ3v) is 2.81. The second-order valence-corrected chi connectivity index (χ2v) is 4.20. The molecule has 0 saturated heterocycles. The summed E-state index contributed by atoms with van der Waals surface area (Å²) in [4.78, 5) is 4.43. The van der Waals surface area contributed by atoms with Crippen LogP contribution in [0.3, 0.4) is 0 Å². The van der Waals surface area contributed by atoms with Crippen molar-refractivity contribution in [3.63, 3.8) is 0 Å². The molecule has 0 spiro atoms. The Kier molecular flexibility index (Phi) is 6.14. The van der Waals surface area contributed by atoms with Crippen molar-refractivity contribution in [2.75, 3.05) is 0 Å². The van der Waals surface area contributed by atoms with E-state index in [-0.39, 0.29) is 0 Å². The summed E-state index contributed by atoms with van der Waals surface area (Å²) in [6, 6.07) is 0. The minimum absolute atomic E-state index is 1.15. The van der Waals surface area contributed by atoms with Gasteiger partial charge in [-0.05, 0) is 12.8 Å². The summed E-state index contributed by atoms with van der Waals surface area (Å²) in [5.41, 5.74) is 0. The van der Waals surface area contributed by atoms with E-state index < -0.39 is 0 Å². The molecular formula is C13H24N2. The van der Waals surface area contributed by atoms with Gasteiger partial charge in [0.25, 0.3) is 0 Å². The normalized spacial score (nSPS) is 10.8. The predicted molar refractivity (Wildman–Crippen MR) is 65.0 cm³/mol. The summed E-state index contributed by atoms with van der Waals surface area (Å²) in [6.45, 7) is 5.64. The third-order valence-electron chi connectivity index (χ3n) is 2.81. The third kappa shape index (κ3) is 4.50. The first-order valence-electron chi connectivity index (χ1n) is 6.38. The second kappa shape index (κ2) is 7.49. The van der Waals surface area contributed by atoms with Gasteiger partial charge < -0.3 is 4.57 Å². The maximum absolute atomic E-state index is 4.43. The molecule has 0 aliphatic heterocycles. The van der Waals surface area contributed by atoms with Crippen molar-refractivity contribution in [1.82, 2.24) is 9.55 Å². The van der Waals surface area contributed by atoms with Crippen molar-refractivity contribution >= 4 is 0 Å². The van der Waals surface area contributed by atoms with Crippen molar-refractivity contribution in [2.24, 2.45) is 0 Å². The van der Waals surface area contributed by atoms with Gasteiger partial charge in [0.05, 0.1) is 0 Å². The van der Waals surface area contributed by atoms with Gasteiger partial charge in [0.15, 0.2) is 0 Å². The van der Waals surface area contributed by atoms with Crippen LogP contribution in [0.15, 0.2) is 12.4 Å². The Balaban J connectivity index is 2.32. The van der Waals surface area contributed by atoms with E-state index in [1.807, 2.05) is 6.20 Å². The SMILES string of the molecule is CCCCCc1nccn1CCCCC. The Morgan fingerprint density at radius 1 is 1.07 bits per heavy atom. The summed E-state index contributed by atoms with van der Waals surface area (Å²) in [7, 11) is 0. The van der Waals surface area contributed by atoms with Gasteiger partial charge >= 0.3 is 0 Å². The quantitative estimate of drug-likeness (QED) is 0.594. The number of imidazole rings is 1. The average molecular weight is 208 g/mol. The maximum atomic E-state index is 4.43. The molecule has 1 rings (SSSR count). The molecule has 1 aromatic rings. The monoisotopic (exact) mass is 208 g/mol. The van der Waals surface area contributed by atoms with Gasteiger partial charge in [0.1, 0.15) is 5.82 Å². The molecule has 0 aliphatic carbocycles. The van der Waals surface area contributed by atoms with E-state index in [4.69, 9.17) is 0 Å². The molecule has 0 saturated carbocycles.